The van der Waals surface area contributed by atoms with Gasteiger partial charge in [-0.05, 0) is 51.3 Å². The van der Waals surface area contributed by atoms with E-state index in [2.05, 4.69) is 23.5 Å². The predicted molar refractivity (Wildman–Crippen MR) is 134 cm³/mol. The Morgan fingerprint density at radius 1 is 1.14 bits per heavy atom. The summed E-state index contributed by atoms with van der Waals surface area (Å²) in [5.41, 5.74) is 5.67. The van der Waals surface area contributed by atoms with Crippen LogP contribution >= 0.6 is 0 Å². The summed E-state index contributed by atoms with van der Waals surface area (Å²) in [6.45, 7) is 7.61. The number of rotatable bonds is 12. The Labute approximate surface area is 208 Å². The summed E-state index contributed by atoms with van der Waals surface area (Å²) in [7, 11) is 1.47. The Morgan fingerprint density at radius 2 is 1.77 bits per heavy atom. The largest absolute Gasteiger partial charge is 0.444 e. The summed E-state index contributed by atoms with van der Waals surface area (Å²) < 4.78 is 5.26. The van der Waals surface area contributed by atoms with Crippen molar-refractivity contribution in [1.82, 2.24) is 15.5 Å². The minimum atomic E-state index is -1.12. The molecule has 9 heteroatoms. The number of carbonyl (C=O) groups excluding carboxylic acids is 4. The molecule has 35 heavy (non-hydrogen) atoms. The maximum absolute atomic E-state index is 13.5. The standard InChI is InChI=1S/C26H38N4O5/c1-7-9-10-17-28-23(32)22(19-13-11-18(8-2)12-14-19)30(6)24(33)20(15-16-21(27)31)29-25(34)35-26(3,4)5/h2,11-14,20,22H,7,9-10,15-17H2,1,3-6H3,(H2,27,31)(H,28,32)(H,29,34). The Hall–Kier alpha value is -3.54. The van der Waals surface area contributed by atoms with E-state index in [9.17, 15) is 19.2 Å². The maximum Gasteiger partial charge on any atom is 0.408 e. The molecule has 0 heterocycles. The van der Waals surface area contributed by atoms with Crippen molar-refractivity contribution in [2.45, 2.75) is 77.5 Å². The van der Waals surface area contributed by atoms with Gasteiger partial charge in [0, 0.05) is 25.6 Å². The van der Waals surface area contributed by atoms with Gasteiger partial charge in [-0.1, -0.05) is 37.8 Å². The van der Waals surface area contributed by atoms with Crippen LogP contribution < -0.4 is 16.4 Å². The van der Waals surface area contributed by atoms with Crippen molar-refractivity contribution in [3.8, 4) is 12.3 Å². The van der Waals surface area contributed by atoms with Crippen LogP contribution in [0.2, 0.25) is 0 Å². The highest BCUT2D eigenvalue weighted by Gasteiger charge is 2.34. The molecule has 9 nitrogen and oxygen atoms in total. The van der Waals surface area contributed by atoms with Crippen LogP contribution in [0.1, 0.15) is 77.0 Å². The third-order valence-corrected chi connectivity index (χ3v) is 5.12. The summed E-state index contributed by atoms with van der Waals surface area (Å²) in [5.74, 6) is 0.976. The molecule has 0 saturated heterocycles. The van der Waals surface area contributed by atoms with Gasteiger partial charge in [0.1, 0.15) is 17.7 Å². The molecule has 0 saturated carbocycles. The van der Waals surface area contributed by atoms with Crippen LogP contribution in [0, 0.1) is 12.3 Å². The van der Waals surface area contributed by atoms with Crippen molar-refractivity contribution in [3.05, 3.63) is 35.4 Å². The van der Waals surface area contributed by atoms with Crippen LogP contribution in [0.25, 0.3) is 0 Å². The molecule has 0 aliphatic carbocycles. The van der Waals surface area contributed by atoms with E-state index in [0.717, 1.165) is 19.3 Å². The number of nitrogens with zero attached hydrogens (tertiary/aromatic N) is 1. The monoisotopic (exact) mass is 486 g/mol. The van der Waals surface area contributed by atoms with Crippen LogP contribution in [-0.4, -0.2) is 54.0 Å². The fourth-order valence-electron chi connectivity index (χ4n) is 3.36. The Bertz CT molecular complexity index is 915. The molecule has 4 N–H and O–H groups in total. The third-order valence-electron chi connectivity index (χ3n) is 5.12. The second-order valence-electron chi connectivity index (χ2n) is 9.32. The number of hydrogen-bond donors (Lipinski definition) is 3. The van der Waals surface area contributed by atoms with Crippen LogP contribution in [-0.2, 0) is 19.1 Å². The van der Waals surface area contributed by atoms with Crippen LogP contribution in [0.4, 0.5) is 4.79 Å². The highest BCUT2D eigenvalue weighted by atomic mass is 16.6. The Morgan fingerprint density at radius 3 is 2.29 bits per heavy atom. The lowest BCUT2D eigenvalue weighted by molar-refractivity contribution is -0.141. The fraction of sp³-hybridized carbons (Fsp3) is 0.538. The summed E-state index contributed by atoms with van der Waals surface area (Å²) in [6, 6.07) is 4.66. The number of nitrogens with two attached hydrogens (primary N) is 1. The number of benzene rings is 1. The molecule has 0 aliphatic rings. The van der Waals surface area contributed by atoms with Gasteiger partial charge in [-0.2, -0.15) is 0 Å². The lowest BCUT2D eigenvalue weighted by Gasteiger charge is -2.31. The number of alkyl carbamates (subject to hydrolysis) is 1. The molecule has 2 unspecified atom stereocenters. The smallest absolute Gasteiger partial charge is 0.408 e. The molecule has 0 aliphatic heterocycles. The number of likely N-dealkylation sites (N-methyl/N-ethyl adjacent to an activating group) is 1. The average molecular weight is 487 g/mol. The number of hydrogen-bond acceptors (Lipinski definition) is 5. The number of nitrogens with one attached hydrogen (secondary N) is 2. The van der Waals surface area contributed by atoms with E-state index in [0.29, 0.717) is 17.7 Å². The summed E-state index contributed by atoms with van der Waals surface area (Å²) in [6.07, 6.45) is 7.23. The van der Waals surface area contributed by atoms with Gasteiger partial charge in [0.2, 0.25) is 17.7 Å². The van der Waals surface area contributed by atoms with E-state index >= 15 is 0 Å². The van der Waals surface area contributed by atoms with Crippen molar-refractivity contribution in [2.24, 2.45) is 5.73 Å². The Balaban J connectivity index is 3.21. The zero-order chi connectivity index (χ0) is 26.6. The molecule has 4 amide bonds. The van der Waals surface area contributed by atoms with Crippen molar-refractivity contribution < 1.29 is 23.9 Å². The van der Waals surface area contributed by atoms with E-state index in [-0.39, 0.29) is 18.7 Å². The maximum atomic E-state index is 13.5. The van der Waals surface area contributed by atoms with Crippen molar-refractivity contribution >= 4 is 23.8 Å². The molecule has 0 aromatic heterocycles. The molecular weight excluding hydrogens is 448 g/mol. The first-order valence-corrected chi connectivity index (χ1v) is 11.8. The summed E-state index contributed by atoms with van der Waals surface area (Å²) >= 11 is 0. The molecule has 1 aromatic rings. The highest BCUT2D eigenvalue weighted by molar-refractivity contribution is 5.92. The molecule has 0 radical (unpaired) electrons. The second-order valence-corrected chi connectivity index (χ2v) is 9.32. The average Bonchev–Trinajstić information content (AvgIpc) is 2.78. The number of ether oxygens (including phenoxy) is 1. The number of amides is 4. The van der Waals surface area contributed by atoms with E-state index in [1.54, 1.807) is 45.0 Å². The zero-order valence-corrected chi connectivity index (χ0v) is 21.3. The molecule has 1 rings (SSSR count). The minimum absolute atomic E-state index is 0.0430. The van der Waals surface area contributed by atoms with E-state index in [1.165, 1.54) is 11.9 Å². The van der Waals surface area contributed by atoms with Gasteiger partial charge >= 0.3 is 6.09 Å². The number of carbonyl (C=O) groups is 4. The first-order chi connectivity index (χ1) is 16.4. The minimum Gasteiger partial charge on any atom is -0.444 e. The van der Waals surface area contributed by atoms with Crippen molar-refractivity contribution in [3.63, 3.8) is 0 Å². The molecule has 2 atom stereocenters. The lowest BCUT2D eigenvalue weighted by Crippen LogP contribution is -2.52. The van der Waals surface area contributed by atoms with E-state index < -0.39 is 35.6 Å². The quantitative estimate of drug-likeness (QED) is 0.309. The van der Waals surface area contributed by atoms with Gasteiger partial charge in [0.05, 0.1) is 0 Å². The van der Waals surface area contributed by atoms with E-state index in [1.807, 2.05) is 0 Å². The van der Waals surface area contributed by atoms with Gasteiger partial charge in [0.15, 0.2) is 0 Å². The van der Waals surface area contributed by atoms with Crippen molar-refractivity contribution in [1.29, 1.82) is 0 Å². The van der Waals surface area contributed by atoms with Crippen LogP contribution in [0.5, 0.6) is 0 Å². The SMILES string of the molecule is C#Cc1ccc(C(C(=O)NCCCCC)N(C)C(=O)C(CCC(N)=O)NC(=O)OC(C)(C)C)cc1. The Kier molecular flexibility index (Phi) is 11.8. The molecule has 0 fully saturated rings. The zero-order valence-electron chi connectivity index (χ0n) is 21.3. The third kappa shape index (κ3) is 10.5. The predicted octanol–water partition coefficient (Wildman–Crippen LogP) is 2.63. The van der Waals surface area contributed by atoms with Gasteiger partial charge in [-0.3, -0.25) is 14.4 Å². The van der Waals surface area contributed by atoms with Gasteiger partial charge < -0.3 is 26.0 Å². The van der Waals surface area contributed by atoms with Gasteiger partial charge in [-0.25, -0.2) is 4.79 Å². The second kappa shape index (κ2) is 14.0. The molecule has 192 valence electrons. The molecule has 0 spiro atoms. The lowest BCUT2D eigenvalue weighted by atomic mass is 10.0. The first-order valence-electron chi connectivity index (χ1n) is 11.8. The summed E-state index contributed by atoms with van der Waals surface area (Å²) in [4.78, 5) is 51.6. The van der Waals surface area contributed by atoms with Crippen molar-refractivity contribution in [2.75, 3.05) is 13.6 Å². The van der Waals surface area contributed by atoms with Gasteiger partial charge in [-0.15, -0.1) is 6.42 Å². The number of terminal acetylenes is 1. The molecule has 0 bridgehead atoms. The molecular formula is C26H38N4O5. The summed E-state index contributed by atoms with van der Waals surface area (Å²) in [5, 5.41) is 5.40. The fourth-order valence-corrected chi connectivity index (χ4v) is 3.36. The normalized spacial score (nSPS) is 12.6. The van der Waals surface area contributed by atoms with Crippen LogP contribution in [0.3, 0.4) is 0 Å². The number of unbranched alkanes of at least 4 members (excludes halogenated alkanes) is 2. The first kappa shape index (κ1) is 29.5. The highest BCUT2D eigenvalue weighted by Crippen LogP contribution is 2.22. The van der Waals surface area contributed by atoms with Gasteiger partial charge in [0.25, 0.3) is 0 Å². The number of primary amides is 1. The van der Waals surface area contributed by atoms with E-state index in [4.69, 9.17) is 16.9 Å². The molecule has 1 aromatic carbocycles. The topological polar surface area (TPSA) is 131 Å². The van der Waals surface area contributed by atoms with Crippen LogP contribution in [0.15, 0.2) is 24.3 Å².